The van der Waals surface area contributed by atoms with Crippen molar-refractivity contribution in [3.8, 4) is 22.8 Å². The van der Waals surface area contributed by atoms with Gasteiger partial charge < -0.3 is 14.0 Å². The van der Waals surface area contributed by atoms with Gasteiger partial charge in [-0.05, 0) is 23.8 Å². The molecule has 29 heavy (non-hydrogen) atoms. The zero-order chi connectivity index (χ0) is 20.4. The third-order valence-electron chi connectivity index (χ3n) is 4.83. The van der Waals surface area contributed by atoms with Gasteiger partial charge in [0.2, 0.25) is 0 Å². The highest BCUT2D eigenvalue weighted by Gasteiger charge is 2.17. The van der Waals surface area contributed by atoms with Crippen LogP contribution < -0.4 is 14.9 Å². The fourth-order valence-electron chi connectivity index (χ4n) is 3.44. The quantitative estimate of drug-likeness (QED) is 0.478. The van der Waals surface area contributed by atoms with Crippen LogP contribution in [0, 0.1) is 0 Å². The molecule has 0 atom stereocenters. The normalized spacial score (nSPS) is 10.9. The molecule has 0 unspecified atom stereocenters. The maximum atomic E-state index is 13.0. The number of rotatable bonds is 5. The van der Waals surface area contributed by atoms with Crippen molar-refractivity contribution in [2.24, 2.45) is 0 Å². The molecular formula is C23H19ClN2O3. The molecule has 2 heterocycles. The Morgan fingerprint density at radius 1 is 1.00 bits per heavy atom. The molecule has 6 heteroatoms. The van der Waals surface area contributed by atoms with E-state index in [2.05, 4.69) is 9.55 Å². The van der Waals surface area contributed by atoms with Gasteiger partial charge in [-0.2, -0.15) is 0 Å². The van der Waals surface area contributed by atoms with Crippen LogP contribution in [0.3, 0.4) is 0 Å². The van der Waals surface area contributed by atoms with E-state index in [-0.39, 0.29) is 5.43 Å². The zero-order valence-corrected chi connectivity index (χ0v) is 16.8. The lowest BCUT2D eigenvalue weighted by Gasteiger charge is -2.19. The molecule has 0 saturated heterocycles. The SMILES string of the molecule is COc1cc2c(=O)cc(-c3ccccc3Cl)n(Cc3cccnc3)c2cc1OC. The number of halogens is 1. The van der Waals surface area contributed by atoms with E-state index in [1.165, 1.54) is 0 Å². The molecule has 0 saturated carbocycles. The van der Waals surface area contributed by atoms with Crippen LogP contribution in [0.4, 0.5) is 0 Å². The summed E-state index contributed by atoms with van der Waals surface area (Å²) in [6, 6.07) is 16.5. The molecule has 0 fully saturated rings. The molecule has 0 spiro atoms. The van der Waals surface area contributed by atoms with Gasteiger partial charge in [0.15, 0.2) is 16.9 Å². The van der Waals surface area contributed by atoms with Gasteiger partial charge in [-0.1, -0.05) is 35.9 Å². The minimum atomic E-state index is -0.113. The summed E-state index contributed by atoms with van der Waals surface area (Å²) in [6.07, 6.45) is 3.54. The average Bonchev–Trinajstić information content (AvgIpc) is 2.76. The fraction of sp³-hybridized carbons (Fsp3) is 0.130. The first kappa shape index (κ1) is 19.0. The summed E-state index contributed by atoms with van der Waals surface area (Å²) in [7, 11) is 3.13. The molecule has 2 aromatic heterocycles. The topological polar surface area (TPSA) is 53.4 Å². The number of ether oxygens (including phenoxy) is 2. The van der Waals surface area contributed by atoms with Crippen LogP contribution in [-0.2, 0) is 6.54 Å². The lowest BCUT2D eigenvalue weighted by Crippen LogP contribution is -2.13. The molecule has 0 aliphatic rings. The van der Waals surface area contributed by atoms with Gasteiger partial charge in [0.25, 0.3) is 0 Å². The summed E-state index contributed by atoms with van der Waals surface area (Å²) >= 11 is 6.47. The highest BCUT2D eigenvalue weighted by atomic mass is 35.5. The molecule has 0 aliphatic heterocycles. The summed E-state index contributed by atoms with van der Waals surface area (Å²) < 4.78 is 12.9. The van der Waals surface area contributed by atoms with E-state index in [4.69, 9.17) is 21.1 Å². The Morgan fingerprint density at radius 2 is 1.76 bits per heavy atom. The van der Waals surface area contributed by atoms with E-state index in [9.17, 15) is 4.79 Å². The predicted molar refractivity (Wildman–Crippen MR) is 115 cm³/mol. The maximum Gasteiger partial charge on any atom is 0.190 e. The maximum absolute atomic E-state index is 13.0. The summed E-state index contributed by atoms with van der Waals surface area (Å²) in [5, 5.41) is 1.12. The van der Waals surface area contributed by atoms with Crippen LogP contribution in [0.5, 0.6) is 11.5 Å². The number of benzene rings is 2. The molecule has 4 aromatic rings. The summed E-state index contributed by atoms with van der Waals surface area (Å²) in [6.45, 7) is 0.515. The second kappa shape index (κ2) is 7.97. The van der Waals surface area contributed by atoms with Gasteiger partial charge in [-0.25, -0.2) is 0 Å². The standard InChI is InChI=1S/C23H19ClN2O3/c1-28-22-10-17-20(12-23(22)29-2)26(14-15-6-5-9-25-13-15)19(11-21(17)27)16-7-3-4-8-18(16)24/h3-13H,14H2,1-2H3. The van der Waals surface area contributed by atoms with Crippen molar-refractivity contribution >= 4 is 22.5 Å². The van der Waals surface area contributed by atoms with Crippen molar-refractivity contribution in [2.45, 2.75) is 6.54 Å². The van der Waals surface area contributed by atoms with E-state index in [0.717, 1.165) is 22.3 Å². The Balaban J connectivity index is 2.07. The van der Waals surface area contributed by atoms with Gasteiger partial charge in [0, 0.05) is 47.0 Å². The van der Waals surface area contributed by atoms with Gasteiger partial charge in [0.05, 0.1) is 25.4 Å². The van der Waals surface area contributed by atoms with Crippen LogP contribution in [0.2, 0.25) is 5.02 Å². The molecule has 2 aromatic carbocycles. The van der Waals surface area contributed by atoms with E-state index in [1.54, 1.807) is 38.7 Å². The van der Waals surface area contributed by atoms with Crippen LogP contribution in [0.25, 0.3) is 22.2 Å². The van der Waals surface area contributed by atoms with Crippen LogP contribution in [0.1, 0.15) is 5.56 Å². The predicted octanol–water partition coefficient (Wildman–Crippen LogP) is 4.78. The van der Waals surface area contributed by atoms with E-state index in [0.29, 0.717) is 28.5 Å². The van der Waals surface area contributed by atoms with Crippen molar-refractivity contribution in [1.82, 2.24) is 9.55 Å². The molecule has 4 rings (SSSR count). The molecule has 0 aliphatic carbocycles. The average molecular weight is 407 g/mol. The van der Waals surface area contributed by atoms with Crippen molar-refractivity contribution in [3.05, 3.63) is 87.8 Å². The van der Waals surface area contributed by atoms with Gasteiger partial charge in [0.1, 0.15) is 0 Å². The van der Waals surface area contributed by atoms with Gasteiger partial charge in [-0.15, -0.1) is 0 Å². The Labute approximate surface area is 173 Å². The minimum Gasteiger partial charge on any atom is -0.493 e. The Morgan fingerprint density at radius 3 is 2.45 bits per heavy atom. The summed E-state index contributed by atoms with van der Waals surface area (Å²) in [5.41, 5.74) is 3.13. The molecular weight excluding hydrogens is 388 g/mol. The van der Waals surface area contributed by atoms with E-state index < -0.39 is 0 Å². The highest BCUT2D eigenvalue weighted by molar-refractivity contribution is 6.33. The first-order valence-corrected chi connectivity index (χ1v) is 9.43. The highest BCUT2D eigenvalue weighted by Crippen LogP contribution is 2.34. The van der Waals surface area contributed by atoms with E-state index in [1.807, 2.05) is 42.5 Å². The first-order chi connectivity index (χ1) is 14.1. The van der Waals surface area contributed by atoms with E-state index >= 15 is 0 Å². The Hall–Kier alpha value is -3.31. The molecule has 5 nitrogen and oxygen atoms in total. The third kappa shape index (κ3) is 3.57. The second-order valence-electron chi connectivity index (χ2n) is 6.55. The van der Waals surface area contributed by atoms with Crippen molar-refractivity contribution in [1.29, 1.82) is 0 Å². The Bertz CT molecular complexity index is 1240. The smallest absolute Gasteiger partial charge is 0.190 e. The Kier molecular flexibility index (Phi) is 5.23. The monoisotopic (exact) mass is 406 g/mol. The molecule has 0 radical (unpaired) electrons. The molecule has 146 valence electrons. The number of nitrogens with zero attached hydrogens (tertiary/aromatic N) is 2. The molecule has 0 bridgehead atoms. The second-order valence-corrected chi connectivity index (χ2v) is 6.95. The number of hydrogen-bond donors (Lipinski definition) is 0. The first-order valence-electron chi connectivity index (χ1n) is 9.05. The number of hydrogen-bond acceptors (Lipinski definition) is 4. The van der Waals surface area contributed by atoms with Crippen LogP contribution >= 0.6 is 11.6 Å². The number of aromatic nitrogens is 2. The summed E-state index contributed by atoms with van der Waals surface area (Å²) in [4.78, 5) is 17.2. The van der Waals surface area contributed by atoms with Crippen molar-refractivity contribution in [2.75, 3.05) is 14.2 Å². The van der Waals surface area contributed by atoms with Crippen LogP contribution in [0.15, 0.2) is 71.8 Å². The van der Waals surface area contributed by atoms with Crippen LogP contribution in [-0.4, -0.2) is 23.8 Å². The lowest BCUT2D eigenvalue weighted by molar-refractivity contribution is 0.355. The van der Waals surface area contributed by atoms with Gasteiger partial charge in [-0.3, -0.25) is 9.78 Å². The fourth-order valence-corrected chi connectivity index (χ4v) is 3.67. The third-order valence-corrected chi connectivity index (χ3v) is 5.16. The zero-order valence-electron chi connectivity index (χ0n) is 16.1. The molecule has 0 N–H and O–H groups in total. The minimum absolute atomic E-state index is 0.113. The lowest BCUT2D eigenvalue weighted by atomic mass is 10.1. The number of methoxy groups -OCH3 is 2. The largest absolute Gasteiger partial charge is 0.493 e. The summed E-state index contributed by atoms with van der Waals surface area (Å²) in [5.74, 6) is 1.06. The number of pyridine rings is 2. The van der Waals surface area contributed by atoms with Crippen molar-refractivity contribution in [3.63, 3.8) is 0 Å². The number of fused-ring (bicyclic) bond motifs is 1. The van der Waals surface area contributed by atoms with Crippen molar-refractivity contribution < 1.29 is 9.47 Å². The van der Waals surface area contributed by atoms with Gasteiger partial charge >= 0.3 is 0 Å². The molecule has 0 amide bonds.